The highest BCUT2D eigenvalue weighted by molar-refractivity contribution is 6.03. The summed E-state index contributed by atoms with van der Waals surface area (Å²) in [6.07, 6.45) is 15.3. The molecule has 0 amide bonds. The third-order valence-electron chi connectivity index (χ3n) is 9.12. The van der Waals surface area contributed by atoms with Gasteiger partial charge in [0.1, 0.15) is 7.05 Å². The molecule has 1 fully saturated rings. The topological polar surface area (TPSA) is 6.25 Å². The van der Waals surface area contributed by atoms with Crippen LogP contribution in [0.3, 0.4) is 0 Å². The van der Waals surface area contributed by atoms with Crippen LogP contribution in [-0.4, -0.2) is 30.4 Å². The molecule has 2 nitrogen and oxygen atoms in total. The molecule has 0 aromatic heterocycles. The van der Waals surface area contributed by atoms with Gasteiger partial charge in [0.2, 0.25) is 5.69 Å². The van der Waals surface area contributed by atoms with Gasteiger partial charge in [-0.2, -0.15) is 4.58 Å². The Kier molecular flexibility index (Phi) is 5.70. The number of rotatable bonds is 6. The van der Waals surface area contributed by atoms with Gasteiger partial charge in [0, 0.05) is 41.9 Å². The summed E-state index contributed by atoms with van der Waals surface area (Å²) in [4.78, 5) is 2.49. The van der Waals surface area contributed by atoms with Crippen LogP contribution in [0.2, 0.25) is 0 Å². The fourth-order valence-electron chi connectivity index (χ4n) is 6.45. The van der Waals surface area contributed by atoms with Crippen molar-refractivity contribution in [3.8, 4) is 0 Å². The molecule has 3 aliphatic rings. The van der Waals surface area contributed by atoms with Gasteiger partial charge in [-0.3, -0.25) is 0 Å². The molecule has 2 aliphatic heterocycles. The molecule has 0 saturated heterocycles. The second-order valence-electron chi connectivity index (χ2n) is 12.1. The number of likely N-dealkylation sites (N-methyl/N-ethyl adjacent to an activating group) is 1. The molecular formula is C33H41N2+. The van der Waals surface area contributed by atoms with Gasteiger partial charge < -0.3 is 4.90 Å². The molecule has 0 N–H and O–H groups in total. The van der Waals surface area contributed by atoms with Crippen LogP contribution in [0.1, 0.15) is 65.0 Å². The highest BCUT2D eigenvalue weighted by atomic mass is 15.2. The first kappa shape index (κ1) is 23.9. The Labute approximate surface area is 212 Å². The van der Waals surface area contributed by atoms with Gasteiger partial charge >= 0.3 is 0 Å². The maximum atomic E-state index is 2.53. The summed E-state index contributed by atoms with van der Waals surface area (Å²) in [5.74, 6) is 0. The zero-order valence-electron chi connectivity index (χ0n) is 22.6. The van der Waals surface area contributed by atoms with E-state index in [9.17, 15) is 0 Å². The first-order valence-electron chi connectivity index (χ1n) is 13.2. The summed E-state index contributed by atoms with van der Waals surface area (Å²) in [7, 11) is 4.45. The number of para-hydroxylation sites is 2. The minimum Gasteiger partial charge on any atom is -0.370 e. The van der Waals surface area contributed by atoms with Gasteiger partial charge in [0.25, 0.3) is 0 Å². The van der Waals surface area contributed by atoms with Gasteiger partial charge in [-0.25, -0.2) is 0 Å². The number of hydrogen-bond donors (Lipinski definition) is 0. The molecule has 5 rings (SSSR count). The number of fused-ring (bicyclic) bond motifs is 2. The number of benzene rings is 2. The van der Waals surface area contributed by atoms with Crippen molar-refractivity contribution in [3.05, 3.63) is 95.6 Å². The lowest BCUT2D eigenvalue weighted by Gasteiger charge is -2.32. The third-order valence-corrected chi connectivity index (χ3v) is 9.12. The monoisotopic (exact) mass is 465 g/mol. The highest BCUT2D eigenvalue weighted by Crippen LogP contribution is 2.53. The lowest BCUT2D eigenvalue weighted by molar-refractivity contribution is -0.401. The van der Waals surface area contributed by atoms with Crippen molar-refractivity contribution >= 4 is 17.1 Å². The SMILES string of the molecule is CN1c2ccccc2C(C)(C)C1CC=C(C=CC=CC1=[N+](C)c2ccccc2C1(C)C)C1(C)CC1. The Morgan fingerprint density at radius 1 is 0.943 bits per heavy atom. The smallest absolute Gasteiger partial charge is 0.209 e. The van der Waals surface area contributed by atoms with Gasteiger partial charge in [0.05, 0.1) is 5.41 Å². The Morgan fingerprint density at radius 3 is 2.26 bits per heavy atom. The van der Waals surface area contributed by atoms with Crippen molar-refractivity contribution in [2.75, 3.05) is 19.0 Å². The summed E-state index contributed by atoms with van der Waals surface area (Å²) in [6.45, 7) is 11.9. The zero-order chi connectivity index (χ0) is 25.0. The number of allylic oxidation sites excluding steroid dienone is 5. The van der Waals surface area contributed by atoms with Crippen LogP contribution in [0.4, 0.5) is 11.4 Å². The Morgan fingerprint density at radius 2 is 1.60 bits per heavy atom. The predicted molar refractivity (Wildman–Crippen MR) is 150 cm³/mol. The first-order valence-corrected chi connectivity index (χ1v) is 13.2. The summed E-state index contributed by atoms with van der Waals surface area (Å²) < 4.78 is 2.34. The van der Waals surface area contributed by atoms with Crippen LogP contribution >= 0.6 is 0 Å². The standard InChI is InChI=1S/C33H41N2/c1-31(2)25-15-9-11-17-27(25)34(6)29(31)19-13-8-14-24(33(5)22-23-33)20-21-30-32(3,4)26-16-10-12-18-28(26)35(30)7/h8-20,30H,21-23H2,1-7H3/q+1. The fourth-order valence-corrected chi connectivity index (χ4v) is 6.45. The molecule has 1 saturated carbocycles. The van der Waals surface area contributed by atoms with E-state index in [1.165, 1.54) is 46.6 Å². The van der Waals surface area contributed by atoms with E-state index in [1.807, 2.05) is 0 Å². The lowest BCUT2D eigenvalue weighted by Crippen LogP contribution is -2.38. The molecule has 182 valence electrons. The van der Waals surface area contributed by atoms with Crippen LogP contribution in [0, 0.1) is 5.41 Å². The van der Waals surface area contributed by atoms with Gasteiger partial charge in [-0.15, -0.1) is 0 Å². The Balaban J connectivity index is 1.36. The van der Waals surface area contributed by atoms with Crippen molar-refractivity contribution < 1.29 is 4.58 Å². The first-order chi connectivity index (χ1) is 16.6. The molecule has 0 bridgehead atoms. The number of nitrogens with zero attached hydrogens (tertiary/aromatic N) is 2. The molecule has 1 unspecified atom stereocenters. The van der Waals surface area contributed by atoms with Crippen molar-refractivity contribution in [1.82, 2.24) is 0 Å². The molecule has 0 radical (unpaired) electrons. The quantitative estimate of drug-likeness (QED) is 0.313. The lowest BCUT2D eigenvalue weighted by atomic mass is 9.78. The Bertz CT molecular complexity index is 1260. The van der Waals surface area contributed by atoms with Crippen molar-refractivity contribution in [3.63, 3.8) is 0 Å². The van der Waals surface area contributed by atoms with Crippen LogP contribution in [0.5, 0.6) is 0 Å². The van der Waals surface area contributed by atoms with E-state index in [-0.39, 0.29) is 10.8 Å². The highest BCUT2D eigenvalue weighted by Gasteiger charge is 2.44. The fraction of sp³-hybridized carbons (Fsp3) is 0.424. The minimum atomic E-state index is 0.0183. The summed E-state index contributed by atoms with van der Waals surface area (Å²) in [6, 6.07) is 18.2. The largest absolute Gasteiger partial charge is 0.370 e. The third kappa shape index (κ3) is 3.92. The van der Waals surface area contributed by atoms with Crippen molar-refractivity contribution in [2.24, 2.45) is 5.41 Å². The molecule has 0 spiro atoms. The molecule has 1 atom stereocenters. The van der Waals surface area contributed by atoms with Gasteiger partial charge in [-0.1, -0.05) is 81.5 Å². The van der Waals surface area contributed by atoms with Gasteiger partial charge in [-0.05, 0) is 55.7 Å². The maximum absolute atomic E-state index is 2.53. The summed E-state index contributed by atoms with van der Waals surface area (Å²) >= 11 is 0. The molecule has 2 aromatic rings. The average molecular weight is 466 g/mol. The molecule has 35 heavy (non-hydrogen) atoms. The van der Waals surface area contributed by atoms with Crippen molar-refractivity contribution in [2.45, 2.75) is 70.8 Å². The molecule has 2 aromatic carbocycles. The molecular weight excluding hydrogens is 424 g/mol. The van der Waals surface area contributed by atoms with E-state index >= 15 is 0 Å². The van der Waals surface area contributed by atoms with Crippen LogP contribution in [-0.2, 0) is 10.8 Å². The Hall–Kier alpha value is -2.87. The second kappa shape index (κ2) is 8.36. The second-order valence-corrected chi connectivity index (χ2v) is 12.1. The van der Waals surface area contributed by atoms with E-state index in [0.29, 0.717) is 11.5 Å². The molecule has 1 aliphatic carbocycles. The maximum Gasteiger partial charge on any atom is 0.209 e. The van der Waals surface area contributed by atoms with Crippen LogP contribution in [0.25, 0.3) is 0 Å². The normalized spacial score (nSPS) is 23.9. The minimum absolute atomic E-state index is 0.0183. The zero-order valence-corrected chi connectivity index (χ0v) is 22.6. The summed E-state index contributed by atoms with van der Waals surface area (Å²) in [5.41, 5.74) is 8.92. The van der Waals surface area contributed by atoms with Crippen LogP contribution in [0.15, 0.2) is 84.5 Å². The summed E-state index contributed by atoms with van der Waals surface area (Å²) in [5, 5.41) is 0. The van der Waals surface area contributed by atoms with E-state index < -0.39 is 0 Å². The number of anilines is 1. The number of hydrogen-bond acceptors (Lipinski definition) is 1. The molecule has 2 heterocycles. The predicted octanol–water partition coefficient (Wildman–Crippen LogP) is 7.72. The van der Waals surface area contributed by atoms with Crippen molar-refractivity contribution in [1.29, 1.82) is 0 Å². The van der Waals surface area contributed by atoms with E-state index in [4.69, 9.17) is 0 Å². The molecule has 2 heteroatoms. The van der Waals surface area contributed by atoms with Crippen LogP contribution < -0.4 is 4.90 Å². The van der Waals surface area contributed by atoms with E-state index in [2.05, 4.69) is 137 Å². The van der Waals surface area contributed by atoms with Gasteiger partial charge in [0.15, 0.2) is 5.71 Å². The van der Waals surface area contributed by atoms with E-state index in [1.54, 1.807) is 0 Å². The van der Waals surface area contributed by atoms with E-state index in [0.717, 1.165) is 6.42 Å². The average Bonchev–Trinajstić information content (AvgIpc) is 3.51.